The molecule has 22 heavy (non-hydrogen) atoms. The number of amides is 1. The Hall–Kier alpha value is -1.53. The molecule has 1 aromatic heterocycles. The Morgan fingerprint density at radius 3 is 2.91 bits per heavy atom. The van der Waals surface area contributed by atoms with Gasteiger partial charge in [0.25, 0.3) is 5.91 Å². The standard InChI is InChI=1S/C16H21N3O2S/c1-11-18-13-9-12(3-4-14(13)19(11)2)15(20)17-10-16(21)5-7-22-8-6-16/h3-4,9,21H,5-8,10H2,1-2H3,(H,17,20). The monoisotopic (exact) mass is 319 g/mol. The molecule has 6 heteroatoms. The van der Waals surface area contributed by atoms with Gasteiger partial charge in [-0.05, 0) is 49.5 Å². The molecular formula is C16H21N3O2S. The Labute approximate surface area is 134 Å². The SMILES string of the molecule is Cc1nc2cc(C(=O)NCC3(O)CCSCC3)ccc2n1C. The van der Waals surface area contributed by atoms with Gasteiger partial charge >= 0.3 is 0 Å². The third-order valence-corrected chi connectivity index (χ3v) is 5.35. The predicted molar refractivity (Wildman–Crippen MR) is 89.3 cm³/mol. The first-order chi connectivity index (χ1) is 10.5. The largest absolute Gasteiger partial charge is 0.388 e. The zero-order valence-corrected chi connectivity index (χ0v) is 13.7. The number of carbonyl (C=O) groups excluding carboxylic acids is 1. The lowest BCUT2D eigenvalue weighted by molar-refractivity contribution is 0.0311. The molecule has 3 rings (SSSR count). The maximum Gasteiger partial charge on any atom is 0.251 e. The molecule has 0 bridgehead atoms. The summed E-state index contributed by atoms with van der Waals surface area (Å²) >= 11 is 1.85. The van der Waals surface area contributed by atoms with Crippen molar-refractivity contribution in [3.63, 3.8) is 0 Å². The van der Waals surface area contributed by atoms with Gasteiger partial charge in [-0.2, -0.15) is 11.8 Å². The first kappa shape index (κ1) is 15.4. The van der Waals surface area contributed by atoms with E-state index in [1.807, 2.05) is 36.4 Å². The normalized spacial score (nSPS) is 17.6. The lowest BCUT2D eigenvalue weighted by Gasteiger charge is -2.31. The Bertz CT molecular complexity index is 705. The first-order valence-corrected chi connectivity index (χ1v) is 8.65. The van der Waals surface area contributed by atoms with Gasteiger partial charge < -0.3 is 15.0 Å². The molecule has 1 aliphatic heterocycles. The second kappa shape index (κ2) is 5.93. The summed E-state index contributed by atoms with van der Waals surface area (Å²) in [6, 6.07) is 5.52. The minimum Gasteiger partial charge on any atom is -0.388 e. The Morgan fingerprint density at radius 2 is 2.18 bits per heavy atom. The number of thioether (sulfide) groups is 1. The van der Waals surface area contributed by atoms with E-state index in [1.54, 1.807) is 12.1 Å². The van der Waals surface area contributed by atoms with E-state index in [1.165, 1.54) is 0 Å². The smallest absolute Gasteiger partial charge is 0.251 e. The van der Waals surface area contributed by atoms with Crippen LogP contribution in [-0.2, 0) is 7.05 Å². The van der Waals surface area contributed by atoms with Crippen molar-refractivity contribution in [1.82, 2.24) is 14.9 Å². The number of aliphatic hydroxyl groups is 1. The van der Waals surface area contributed by atoms with Gasteiger partial charge in [0, 0.05) is 19.2 Å². The number of aryl methyl sites for hydroxylation is 2. The summed E-state index contributed by atoms with van der Waals surface area (Å²) in [4.78, 5) is 16.8. The Balaban J connectivity index is 1.72. The van der Waals surface area contributed by atoms with Crippen molar-refractivity contribution in [2.75, 3.05) is 18.1 Å². The minimum absolute atomic E-state index is 0.156. The van der Waals surface area contributed by atoms with Crippen LogP contribution in [0.1, 0.15) is 29.0 Å². The third-order valence-electron chi connectivity index (χ3n) is 4.37. The quantitative estimate of drug-likeness (QED) is 0.906. The second-order valence-corrected chi connectivity index (χ2v) is 7.17. The molecule has 5 nitrogen and oxygen atoms in total. The van der Waals surface area contributed by atoms with Gasteiger partial charge in [-0.25, -0.2) is 4.98 Å². The van der Waals surface area contributed by atoms with Gasteiger partial charge in [0.2, 0.25) is 0 Å². The van der Waals surface area contributed by atoms with Crippen LogP contribution in [0.2, 0.25) is 0 Å². The molecule has 0 aliphatic carbocycles. The third kappa shape index (κ3) is 2.98. The highest BCUT2D eigenvalue weighted by molar-refractivity contribution is 7.99. The summed E-state index contributed by atoms with van der Waals surface area (Å²) in [5.74, 6) is 2.66. The van der Waals surface area contributed by atoms with Gasteiger partial charge in [0.1, 0.15) is 5.82 Å². The number of aromatic nitrogens is 2. The molecule has 1 saturated heterocycles. The minimum atomic E-state index is -0.757. The summed E-state index contributed by atoms with van der Waals surface area (Å²) in [5.41, 5.74) is 1.66. The van der Waals surface area contributed by atoms with Gasteiger partial charge in [0.15, 0.2) is 0 Å². The maximum atomic E-state index is 12.3. The van der Waals surface area contributed by atoms with Crippen molar-refractivity contribution in [2.24, 2.45) is 7.05 Å². The van der Waals surface area contributed by atoms with Crippen LogP contribution in [0.5, 0.6) is 0 Å². The highest BCUT2D eigenvalue weighted by atomic mass is 32.2. The molecule has 0 spiro atoms. The van der Waals surface area contributed by atoms with Crippen LogP contribution < -0.4 is 5.32 Å². The molecule has 1 aliphatic rings. The molecule has 1 fully saturated rings. The predicted octanol–water partition coefficient (Wildman–Crippen LogP) is 1.87. The number of carbonyl (C=O) groups is 1. The van der Waals surface area contributed by atoms with Crippen molar-refractivity contribution < 1.29 is 9.90 Å². The van der Waals surface area contributed by atoms with Crippen molar-refractivity contribution in [2.45, 2.75) is 25.4 Å². The van der Waals surface area contributed by atoms with E-state index in [9.17, 15) is 9.90 Å². The summed E-state index contributed by atoms with van der Waals surface area (Å²) in [5, 5.41) is 13.3. The summed E-state index contributed by atoms with van der Waals surface area (Å²) in [6.07, 6.45) is 1.47. The molecule has 0 atom stereocenters. The molecule has 1 amide bonds. The average Bonchev–Trinajstić information content (AvgIpc) is 2.80. The summed E-state index contributed by atoms with van der Waals surface area (Å²) < 4.78 is 2.00. The van der Waals surface area contributed by atoms with E-state index in [0.29, 0.717) is 12.1 Å². The molecule has 0 unspecified atom stereocenters. The number of nitrogens with one attached hydrogen (secondary N) is 1. The first-order valence-electron chi connectivity index (χ1n) is 7.50. The molecular weight excluding hydrogens is 298 g/mol. The highest BCUT2D eigenvalue weighted by Gasteiger charge is 2.29. The molecule has 0 saturated carbocycles. The van der Waals surface area contributed by atoms with E-state index >= 15 is 0 Å². The molecule has 2 aromatic rings. The lowest BCUT2D eigenvalue weighted by atomic mass is 9.97. The average molecular weight is 319 g/mol. The summed E-state index contributed by atoms with van der Waals surface area (Å²) in [6.45, 7) is 2.25. The number of nitrogens with zero attached hydrogens (tertiary/aromatic N) is 2. The fraction of sp³-hybridized carbons (Fsp3) is 0.500. The molecule has 2 N–H and O–H groups in total. The molecule has 2 heterocycles. The van der Waals surface area contributed by atoms with Crippen LogP contribution in [0.3, 0.4) is 0 Å². The Morgan fingerprint density at radius 1 is 1.45 bits per heavy atom. The second-order valence-electron chi connectivity index (χ2n) is 5.94. The van der Waals surface area contributed by atoms with Crippen LogP contribution >= 0.6 is 11.8 Å². The van der Waals surface area contributed by atoms with Crippen LogP contribution in [0, 0.1) is 6.92 Å². The van der Waals surface area contributed by atoms with E-state index in [0.717, 1.165) is 41.2 Å². The molecule has 1 aromatic carbocycles. The molecule has 118 valence electrons. The highest BCUT2D eigenvalue weighted by Crippen LogP contribution is 2.26. The zero-order valence-electron chi connectivity index (χ0n) is 12.9. The number of fused-ring (bicyclic) bond motifs is 1. The van der Waals surface area contributed by atoms with Crippen LogP contribution in [-0.4, -0.2) is 44.2 Å². The summed E-state index contributed by atoms with van der Waals surface area (Å²) in [7, 11) is 1.96. The Kier molecular flexibility index (Phi) is 4.14. The zero-order chi connectivity index (χ0) is 15.7. The number of hydrogen-bond donors (Lipinski definition) is 2. The fourth-order valence-electron chi connectivity index (χ4n) is 2.74. The van der Waals surface area contributed by atoms with Crippen molar-refractivity contribution in [1.29, 1.82) is 0 Å². The maximum absolute atomic E-state index is 12.3. The number of rotatable bonds is 3. The van der Waals surface area contributed by atoms with E-state index in [2.05, 4.69) is 10.3 Å². The number of hydrogen-bond acceptors (Lipinski definition) is 4. The van der Waals surface area contributed by atoms with Crippen molar-refractivity contribution >= 4 is 28.7 Å². The van der Waals surface area contributed by atoms with Gasteiger partial charge in [0.05, 0.1) is 16.6 Å². The van der Waals surface area contributed by atoms with Crippen molar-refractivity contribution in [3.05, 3.63) is 29.6 Å². The van der Waals surface area contributed by atoms with Gasteiger partial charge in [-0.3, -0.25) is 4.79 Å². The van der Waals surface area contributed by atoms with E-state index in [-0.39, 0.29) is 5.91 Å². The van der Waals surface area contributed by atoms with Crippen LogP contribution in [0.4, 0.5) is 0 Å². The lowest BCUT2D eigenvalue weighted by Crippen LogP contribution is -2.45. The topological polar surface area (TPSA) is 67.2 Å². The van der Waals surface area contributed by atoms with Crippen molar-refractivity contribution in [3.8, 4) is 0 Å². The van der Waals surface area contributed by atoms with E-state index < -0.39 is 5.60 Å². The number of benzene rings is 1. The number of imidazole rings is 1. The van der Waals surface area contributed by atoms with Crippen LogP contribution in [0.25, 0.3) is 11.0 Å². The molecule has 0 radical (unpaired) electrons. The van der Waals surface area contributed by atoms with Gasteiger partial charge in [-0.1, -0.05) is 0 Å². The fourth-order valence-corrected chi connectivity index (χ4v) is 3.99. The van der Waals surface area contributed by atoms with Crippen LogP contribution in [0.15, 0.2) is 18.2 Å². The van der Waals surface area contributed by atoms with Gasteiger partial charge in [-0.15, -0.1) is 0 Å². The van der Waals surface area contributed by atoms with E-state index in [4.69, 9.17) is 0 Å².